The number of carbonyl (C=O) groups excluding carboxylic acids is 1. The van der Waals surface area contributed by atoms with Crippen molar-refractivity contribution in [3.05, 3.63) is 102 Å². The SMILES string of the molecule is O=C(Nc1cc(C(F)(F)F)ccc1-n1cncn1)c1cccc(OCc2ccccc2)c1. The minimum absolute atomic E-state index is 0.0501. The van der Waals surface area contributed by atoms with Crippen molar-refractivity contribution in [2.24, 2.45) is 0 Å². The third-order valence-corrected chi connectivity index (χ3v) is 4.58. The Kier molecular flexibility index (Phi) is 5.89. The molecule has 3 aromatic carbocycles. The first-order chi connectivity index (χ1) is 15.4. The van der Waals surface area contributed by atoms with E-state index in [4.69, 9.17) is 4.74 Å². The molecule has 4 aromatic rings. The summed E-state index contributed by atoms with van der Waals surface area (Å²) in [5.41, 5.74) is 0.504. The second-order valence-corrected chi connectivity index (χ2v) is 6.83. The number of rotatable bonds is 6. The number of amides is 1. The molecule has 0 saturated heterocycles. The van der Waals surface area contributed by atoms with Gasteiger partial charge in [0.25, 0.3) is 5.91 Å². The second-order valence-electron chi connectivity index (χ2n) is 6.83. The van der Waals surface area contributed by atoms with Crippen LogP contribution in [0.15, 0.2) is 85.5 Å². The quantitative estimate of drug-likeness (QED) is 0.454. The zero-order chi connectivity index (χ0) is 22.6. The number of aromatic nitrogens is 3. The van der Waals surface area contributed by atoms with E-state index in [1.807, 2.05) is 30.3 Å². The van der Waals surface area contributed by atoms with Gasteiger partial charge >= 0.3 is 6.18 Å². The van der Waals surface area contributed by atoms with Crippen molar-refractivity contribution in [3.63, 3.8) is 0 Å². The van der Waals surface area contributed by atoms with Crippen LogP contribution in [-0.2, 0) is 12.8 Å². The van der Waals surface area contributed by atoms with Crippen LogP contribution in [-0.4, -0.2) is 20.7 Å². The van der Waals surface area contributed by atoms with Crippen LogP contribution < -0.4 is 10.1 Å². The van der Waals surface area contributed by atoms with Crippen molar-refractivity contribution in [3.8, 4) is 11.4 Å². The van der Waals surface area contributed by atoms with Crippen molar-refractivity contribution in [2.45, 2.75) is 12.8 Å². The van der Waals surface area contributed by atoms with Gasteiger partial charge in [-0.1, -0.05) is 36.4 Å². The molecule has 0 aliphatic heterocycles. The number of hydrogen-bond donors (Lipinski definition) is 1. The van der Waals surface area contributed by atoms with Crippen LogP contribution in [0.4, 0.5) is 18.9 Å². The molecule has 0 spiro atoms. The smallest absolute Gasteiger partial charge is 0.416 e. The van der Waals surface area contributed by atoms with E-state index in [9.17, 15) is 18.0 Å². The van der Waals surface area contributed by atoms with Gasteiger partial charge in [-0.3, -0.25) is 4.79 Å². The highest BCUT2D eigenvalue weighted by molar-refractivity contribution is 6.05. The third-order valence-electron chi connectivity index (χ3n) is 4.58. The van der Waals surface area contributed by atoms with Gasteiger partial charge < -0.3 is 10.1 Å². The Morgan fingerprint density at radius 1 is 1.00 bits per heavy atom. The molecule has 0 saturated carbocycles. The van der Waals surface area contributed by atoms with Crippen molar-refractivity contribution in [1.82, 2.24) is 14.8 Å². The molecule has 0 bridgehead atoms. The van der Waals surface area contributed by atoms with E-state index in [-0.39, 0.29) is 16.9 Å². The minimum Gasteiger partial charge on any atom is -0.489 e. The Morgan fingerprint density at radius 2 is 1.81 bits per heavy atom. The van der Waals surface area contributed by atoms with E-state index in [0.717, 1.165) is 17.7 Å². The monoisotopic (exact) mass is 438 g/mol. The first-order valence-corrected chi connectivity index (χ1v) is 9.54. The van der Waals surface area contributed by atoms with Gasteiger partial charge in [0.2, 0.25) is 0 Å². The van der Waals surface area contributed by atoms with Gasteiger partial charge in [0.05, 0.1) is 16.9 Å². The number of carbonyl (C=O) groups is 1. The maximum atomic E-state index is 13.2. The molecule has 0 unspecified atom stereocenters. The van der Waals surface area contributed by atoms with Crippen molar-refractivity contribution < 1.29 is 22.7 Å². The predicted molar refractivity (Wildman–Crippen MR) is 112 cm³/mol. The Bertz CT molecular complexity index is 1210. The average molecular weight is 438 g/mol. The largest absolute Gasteiger partial charge is 0.489 e. The maximum Gasteiger partial charge on any atom is 0.416 e. The van der Waals surface area contributed by atoms with E-state index < -0.39 is 17.6 Å². The molecule has 0 radical (unpaired) electrons. The summed E-state index contributed by atoms with van der Waals surface area (Å²) in [5.74, 6) is -0.127. The molecule has 4 rings (SSSR count). The highest BCUT2D eigenvalue weighted by Crippen LogP contribution is 2.33. The molecular weight excluding hydrogens is 421 g/mol. The van der Waals surface area contributed by atoms with Gasteiger partial charge in [-0.05, 0) is 42.0 Å². The Balaban J connectivity index is 1.57. The van der Waals surface area contributed by atoms with E-state index >= 15 is 0 Å². The molecule has 0 atom stereocenters. The van der Waals surface area contributed by atoms with Crippen LogP contribution in [0, 0.1) is 0 Å². The second kappa shape index (κ2) is 8.93. The van der Waals surface area contributed by atoms with E-state index in [1.54, 1.807) is 18.2 Å². The number of anilines is 1. The Hall–Kier alpha value is -4.14. The molecule has 1 heterocycles. The highest BCUT2D eigenvalue weighted by atomic mass is 19.4. The summed E-state index contributed by atoms with van der Waals surface area (Å²) < 4.78 is 46.6. The molecule has 0 fully saturated rings. The third kappa shape index (κ3) is 4.94. The molecule has 9 heteroatoms. The van der Waals surface area contributed by atoms with Crippen LogP contribution in [0.5, 0.6) is 5.75 Å². The van der Waals surface area contributed by atoms with E-state index in [2.05, 4.69) is 15.4 Å². The van der Waals surface area contributed by atoms with Crippen LogP contribution in [0.25, 0.3) is 5.69 Å². The van der Waals surface area contributed by atoms with Crippen molar-refractivity contribution in [1.29, 1.82) is 0 Å². The van der Waals surface area contributed by atoms with Gasteiger partial charge in [0.1, 0.15) is 25.0 Å². The average Bonchev–Trinajstić information content (AvgIpc) is 3.33. The summed E-state index contributed by atoms with van der Waals surface area (Å²) >= 11 is 0. The van der Waals surface area contributed by atoms with Gasteiger partial charge in [-0.15, -0.1) is 0 Å². The lowest BCUT2D eigenvalue weighted by Crippen LogP contribution is -2.16. The maximum absolute atomic E-state index is 13.2. The normalized spacial score (nSPS) is 11.2. The number of hydrogen-bond acceptors (Lipinski definition) is 4. The first-order valence-electron chi connectivity index (χ1n) is 9.54. The fraction of sp³-hybridized carbons (Fsp3) is 0.0870. The van der Waals surface area contributed by atoms with E-state index in [0.29, 0.717) is 12.4 Å². The predicted octanol–water partition coefficient (Wildman–Crippen LogP) is 5.12. The summed E-state index contributed by atoms with van der Waals surface area (Å²) in [6.45, 7) is 0.315. The molecule has 1 amide bonds. The summed E-state index contributed by atoms with van der Waals surface area (Å²) in [5, 5.41) is 6.48. The molecule has 0 aliphatic carbocycles. The number of ether oxygens (including phenoxy) is 1. The van der Waals surface area contributed by atoms with Crippen LogP contribution >= 0.6 is 0 Å². The molecule has 0 aliphatic rings. The molecule has 1 aromatic heterocycles. The Labute approximate surface area is 181 Å². The Morgan fingerprint density at radius 3 is 2.53 bits per heavy atom. The summed E-state index contributed by atoms with van der Waals surface area (Å²) in [6, 6.07) is 18.9. The number of nitrogens with one attached hydrogen (secondary N) is 1. The van der Waals surface area contributed by atoms with Gasteiger partial charge in [0.15, 0.2) is 0 Å². The zero-order valence-electron chi connectivity index (χ0n) is 16.6. The zero-order valence-corrected chi connectivity index (χ0v) is 16.6. The van der Waals surface area contributed by atoms with Crippen LogP contribution in [0.2, 0.25) is 0 Å². The van der Waals surface area contributed by atoms with Gasteiger partial charge in [0, 0.05) is 5.56 Å². The van der Waals surface area contributed by atoms with Gasteiger partial charge in [-0.25, -0.2) is 9.67 Å². The molecule has 1 N–H and O–H groups in total. The lowest BCUT2D eigenvalue weighted by Gasteiger charge is -2.15. The summed E-state index contributed by atoms with van der Waals surface area (Å²) in [7, 11) is 0. The molecular formula is C23H17F3N4O2. The standard InChI is InChI=1S/C23H17F3N4O2/c24-23(25,26)18-9-10-21(30-15-27-14-28-30)20(12-18)29-22(31)17-7-4-8-19(11-17)32-13-16-5-2-1-3-6-16/h1-12,14-15H,13H2,(H,29,31). The highest BCUT2D eigenvalue weighted by Gasteiger charge is 2.31. The summed E-state index contributed by atoms with van der Waals surface area (Å²) in [4.78, 5) is 16.6. The topological polar surface area (TPSA) is 69.0 Å². The fourth-order valence-electron chi connectivity index (χ4n) is 3.01. The number of benzene rings is 3. The van der Waals surface area contributed by atoms with Crippen molar-refractivity contribution >= 4 is 11.6 Å². The lowest BCUT2D eigenvalue weighted by atomic mass is 10.1. The van der Waals surface area contributed by atoms with Crippen LogP contribution in [0.3, 0.4) is 0 Å². The van der Waals surface area contributed by atoms with E-state index in [1.165, 1.54) is 29.5 Å². The molecule has 162 valence electrons. The molecule has 32 heavy (non-hydrogen) atoms. The minimum atomic E-state index is -4.56. The van der Waals surface area contributed by atoms with Crippen LogP contribution in [0.1, 0.15) is 21.5 Å². The first kappa shape index (κ1) is 21.1. The summed E-state index contributed by atoms with van der Waals surface area (Å²) in [6.07, 6.45) is -1.99. The lowest BCUT2D eigenvalue weighted by molar-refractivity contribution is -0.137. The molecule has 6 nitrogen and oxygen atoms in total. The number of nitrogens with zero attached hydrogens (tertiary/aromatic N) is 3. The number of alkyl halides is 3. The number of halogens is 3. The van der Waals surface area contributed by atoms with Crippen molar-refractivity contribution in [2.75, 3.05) is 5.32 Å². The fourth-order valence-corrected chi connectivity index (χ4v) is 3.01. The van der Waals surface area contributed by atoms with Gasteiger partial charge in [-0.2, -0.15) is 18.3 Å².